The molecule has 7 heteroatoms. The van der Waals surface area contributed by atoms with Crippen molar-refractivity contribution >= 4 is 11.9 Å². The zero-order valence-corrected chi connectivity index (χ0v) is 9.18. The Labute approximate surface area is 92.6 Å². The summed E-state index contributed by atoms with van der Waals surface area (Å²) in [5, 5.41) is 0. The van der Waals surface area contributed by atoms with Gasteiger partial charge >= 0.3 is 0 Å². The number of anilines is 2. The monoisotopic (exact) mass is 219 g/mol. The highest BCUT2D eigenvalue weighted by Crippen LogP contribution is 2.10. The van der Waals surface area contributed by atoms with Gasteiger partial charge in [0.1, 0.15) is 5.82 Å². The predicted octanol–water partition coefficient (Wildman–Crippen LogP) is 0.0925. The Bertz CT molecular complexity index is 496. The van der Waals surface area contributed by atoms with Crippen molar-refractivity contribution in [3.63, 3.8) is 0 Å². The Morgan fingerprint density at radius 1 is 1.12 bits per heavy atom. The van der Waals surface area contributed by atoms with Crippen LogP contribution in [0, 0.1) is 6.92 Å². The molecular formula is C9H13N7. The van der Waals surface area contributed by atoms with E-state index in [9.17, 15) is 0 Å². The molecule has 0 saturated heterocycles. The zero-order chi connectivity index (χ0) is 11.7. The molecule has 0 bridgehead atoms. The molecule has 2 rings (SSSR count). The minimum atomic E-state index is 0.105. The molecule has 4 N–H and O–H groups in total. The van der Waals surface area contributed by atoms with Crippen molar-refractivity contribution in [2.75, 3.05) is 11.5 Å². The molecule has 0 aromatic carbocycles. The van der Waals surface area contributed by atoms with E-state index in [1.165, 1.54) is 0 Å². The van der Waals surface area contributed by atoms with Crippen LogP contribution in [0.25, 0.3) is 5.95 Å². The third-order valence-corrected chi connectivity index (χ3v) is 2.17. The molecule has 0 radical (unpaired) electrons. The SMILES string of the molecule is CCc1cn(-c2nc(N)nc(N)n2)c(C)n1. The molecule has 0 atom stereocenters. The molecule has 2 aromatic rings. The summed E-state index contributed by atoms with van der Waals surface area (Å²) < 4.78 is 1.74. The van der Waals surface area contributed by atoms with Gasteiger partial charge in [0, 0.05) is 6.20 Å². The first-order chi connectivity index (χ1) is 7.60. The molecule has 0 unspecified atom stereocenters. The minimum Gasteiger partial charge on any atom is -0.368 e. The number of rotatable bonds is 2. The van der Waals surface area contributed by atoms with Crippen molar-refractivity contribution < 1.29 is 0 Å². The fraction of sp³-hybridized carbons (Fsp3) is 0.333. The Kier molecular flexibility index (Phi) is 2.43. The van der Waals surface area contributed by atoms with Crippen molar-refractivity contribution in [3.8, 4) is 5.95 Å². The minimum absolute atomic E-state index is 0.105. The van der Waals surface area contributed by atoms with Crippen LogP contribution in [0.4, 0.5) is 11.9 Å². The van der Waals surface area contributed by atoms with Gasteiger partial charge in [-0.25, -0.2) is 4.98 Å². The number of nitrogen functional groups attached to an aromatic ring is 2. The van der Waals surface area contributed by atoms with E-state index in [-0.39, 0.29) is 11.9 Å². The van der Waals surface area contributed by atoms with Crippen molar-refractivity contribution in [2.45, 2.75) is 20.3 Å². The maximum Gasteiger partial charge on any atom is 0.241 e. The Morgan fingerprint density at radius 2 is 1.75 bits per heavy atom. The fourth-order valence-corrected chi connectivity index (χ4v) is 1.41. The highest BCUT2D eigenvalue weighted by atomic mass is 15.3. The zero-order valence-electron chi connectivity index (χ0n) is 9.18. The lowest BCUT2D eigenvalue weighted by atomic mass is 10.4. The second kappa shape index (κ2) is 3.76. The number of aryl methyl sites for hydroxylation is 2. The first-order valence-electron chi connectivity index (χ1n) is 4.92. The summed E-state index contributed by atoms with van der Waals surface area (Å²) in [6.07, 6.45) is 2.72. The van der Waals surface area contributed by atoms with Crippen molar-refractivity contribution in [1.82, 2.24) is 24.5 Å². The van der Waals surface area contributed by atoms with Crippen LogP contribution in [-0.4, -0.2) is 24.5 Å². The predicted molar refractivity (Wildman–Crippen MR) is 59.9 cm³/mol. The van der Waals surface area contributed by atoms with Gasteiger partial charge in [0.15, 0.2) is 0 Å². The summed E-state index contributed by atoms with van der Waals surface area (Å²) in [4.78, 5) is 16.1. The Morgan fingerprint density at radius 3 is 2.25 bits per heavy atom. The lowest BCUT2D eigenvalue weighted by Gasteiger charge is -2.03. The summed E-state index contributed by atoms with van der Waals surface area (Å²) in [6, 6.07) is 0. The molecule has 0 aliphatic carbocycles. The average molecular weight is 219 g/mol. The third-order valence-electron chi connectivity index (χ3n) is 2.17. The largest absolute Gasteiger partial charge is 0.368 e. The standard InChI is InChI=1S/C9H13N7/c1-3-6-4-16(5(2)12-6)9-14-7(10)13-8(11)15-9/h4H,3H2,1-2H3,(H4,10,11,13,14,15). The number of aromatic nitrogens is 5. The van der Waals surface area contributed by atoms with Gasteiger partial charge in [-0.1, -0.05) is 6.92 Å². The Hall–Kier alpha value is -2.18. The topological polar surface area (TPSA) is 109 Å². The molecule has 0 saturated carbocycles. The number of imidazole rings is 1. The van der Waals surface area contributed by atoms with Crippen LogP contribution in [0.2, 0.25) is 0 Å². The summed E-state index contributed by atoms with van der Waals surface area (Å²) in [7, 11) is 0. The highest BCUT2D eigenvalue weighted by molar-refractivity contribution is 5.32. The highest BCUT2D eigenvalue weighted by Gasteiger charge is 2.09. The van der Waals surface area contributed by atoms with Crippen LogP contribution in [0.3, 0.4) is 0 Å². The molecule has 2 heterocycles. The van der Waals surface area contributed by atoms with Gasteiger partial charge in [-0.05, 0) is 13.3 Å². The van der Waals surface area contributed by atoms with E-state index < -0.39 is 0 Å². The van der Waals surface area contributed by atoms with Crippen molar-refractivity contribution in [3.05, 3.63) is 17.7 Å². The smallest absolute Gasteiger partial charge is 0.241 e. The molecule has 16 heavy (non-hydrogen) atoms. The van der Waals surface area contributed by atoms with Crippen molar-refractivity contribution in [1.29, 1.82) is 0 Å². The van der Waals surface area contributed by atoms with E-state index in [2.05, 4.69) is 19.9 Å². The van der Waals surface area contributed by atoms with Crippen LogP contribution >= 0.6 is 0 Å². The van der Waals surface area contributed by atoms with Gasteiger partial charge in [0.2, 0.25) is 17.8 Å². The maximum atomic E-state index is 5.51. The first kappa shape index (κ1) is 10.3. The van der Waals surface area contributed by atoms with Crippen LogP contribution < -0.4 is 11.5 Å². The van der Waals surface area contributed by atoms with Crippen LogP contribution in [0.15, 0.2) is 6.20 Å². The van der Waals surface area contributed by atoms with Gasteiger partial charge in [-0.3, -0.25) is 4.57 Å². The molecule has 0 aliphatic heterocycles. The van der Waals surface area contributed by atoms with E-state index in [0.29, 0.717) is 5.95 Å². The van der Waals surface area contributed by atoms with E-state index >= 15 is 0 Å². The van der Waals surface area contributed by atoms with Gasteiger partial charge in [-0.15, -0.1) is 0 Å². The molecule has 0 spiro atoms. The number of nitrogens with two attached hydrogens (primary N) is 2. The fourth-order valence-electron chi connectivity index (χ4n) is 1.41. The van der Waals surface area contributed by atoms with E-state index in [1.807, 2.05) is 20.0 Å². The molecule has 0 amide bonds. The molecule has 7 nitrogen and oxygen atoms in total. The number of nitrogens with zero attached hydrogens (tertiary/aromatic N) is 5. The Balaban J connectivity index is 2.53. The van der Waals surface area contributed by atoms with E-state index in [0.717, 1.165) is 17.9 Å². The second-order valence-corrected chi connectivity index (χ2v) is 3.35. The average Bonchev–Trinajstić information content (AvgIpc) is 2.58. The second-order valence-electron chi connectivity index (χ2n) is 3.35. The molecule has 2 aromatic heterocycles. The molecular weight excluding hydrogens is 206 g/mol. The van der Waals surface area contributed by atoms with Crippen LogP contribution in [0.5, 0.6) is 0 Å². The normalized spacial score (nSPS) is 10.6. The third kappa shape index (κ3) is 1.79. The van der Waals surface area contributed by atoms with Crippen LogP contribution in [0.1, 0.15) is 18.4 Å². The molecule has 84 valence electrons. The van der Waals surface area contributed by atoms with Crippen LogP contribution in [-0.2, 0) is 6.42 Å². The van der Waals surface area contributed by atoms with E-state index in [4.69, 9.17) is 11.5 Å². The quantitative estimate of drug-likeness (QED) is 0.741. The summed E-state index contributed by atoms with van der Waals surface area (Å²) in [5.74, 6) is 1.40. The number of hydrogen-bond acceptors (Lipinski definition) is 6. The van der Waals surface area contributed by atoms with E-state index in [1.54, 1.807) is 4.57 Å². The molecule has 0 fully saturated rings. The van der Waals surface area contributed by atoms with Gasteiger partial charge < -0.3 is 11.5 Å². The van der Waals surface area contributed by atoms with Gasteiger partial charge in [0.25, 0.3) is 0 Å². The summed E-state index contributed by atoms with van der Waals surface area (Å²) in [5.41, 5.74) is 12.0. The maximum absolute atomic E-state index is 5.51. The van der Waals surface area contributed by atoms with Crippen molar-refractivity contribution in [2.24, 2.45) is 0 Å². The molecule has 0 aliphatic rings. The first-order valence-corrected chi connectivity index (χ1v) is 4.92. The lowest BCUT2D eigenvalue weighted by molar-refractivity contribution is 0.872. The lowest BCUT2D eigenvalue weighted by Crippen LogP contribution is -2.09. The summed E-state index contributed by atoms with van der Waals surface area (Å²) >= 11 is 0. The van der Waals surface area contributed by atoms with Gasteiger partial charge in [-0.2, -0.15) is 15.0 Å². The summed E-state index contributed by atoms with van der Waals surface area (Å²) in [6.45, 7) is 3.90. The number of hydrogen-bond donors (Lipinski definition) is 2. The van der Waals surface area contributed by atoms with Gasteiger partial charge in [0.05, 0.1) is 5.69 Å².